The molecule has 1 aliphatic rings. The van der Waals surface area contributed by atoms with Gasteiger partial charge in [-0.05, 0) is 70.6 Å². The highest BCUT2D eigenvalue weighted by molar-refractivity contribution is 5.76. The van der Waals surface area contributed by atoms with Crippen molar-refractivity contribution >= 4 is 5.91 Å². The van der Waals surface area contributed by atoms with Gasteiger partial charge in [0.05, 0.1) is 25.4 Å². The molecule has 0 aromatic heterocycles. The highest BCUT2D eigenvalue weighted by Crippen LogP contribution is 2.23. The fraction of sp³-hybridized carbons (Fsp3) is 0.803. The Hall–Kier alpha value is -2.37. The molecule has 1 heterocycles. The second-order valence-corrected chi connectivity index (χ2v) is 21.8. The Morgan fingerprint density at radius 2 is 0.840 bits per heavy atom. The summed E-state index contributed by atoms with van der Waals surface area (Å²) in [7, 11) is 0. The summed E-state index contributed by atoms with van der Waals surface area (Å²) in [6.45, 7) is 3.67. The summed E-state index contributed by atoms with van der Waals surface area (Å²) in [6.07, 6.45) is 69.9. The molecular formula is C66H119NO8. The lowest BCUT2D eigenvalue weighted by atomic mass is 9.99. The topological polar surface area (TPSA) is 149 Å². The first-order chi connectivity index (χ1) is 36.8. The molecule has 1 rings (SSSR count). The van der Waals surface area contributed by atoms with Crippen molar-refractivity contribution in [2.24, 2.45) is 0 Å². The highest BCUT2D eigenvalue weighted by Gasteiger charge is 2.44. The Kier molecular flexibility index (Phi) is 51.8. The average Bonchev–Trinajstić information content (AvgIpc) is 3.41. The summed E-state index contributed by atoms with van der Waals surface area (Å²) in [6, 6.07) is -0.832. The Labute approximate surface area is 461 Å². The largest absolute Gasteiger partial charge is 0.394 e. The molecule has 75 heavy (non-hydrogen) atoms. The number of amides is 1. The fourth-order valence-corrected chi connectivity index (χ4v) is 9.81. The molecule has 1 fully saturated rings. The van der Waals surface area contributed by atoms with E-state index in [1.807, 2.05) is 6.08 Å². The summed E-state index contributed by atoms with van der Waals surface area (Å²) in [4.78, 5) is 13.1. The van der Waals surface area contributed by atoms with Crippen LogP contribution in [0.2, 0.25) is 0 Å². The van der Waals surface area contributed by atoms with E-state index in [4.69, 9.17) is 9.47 Å². The monoisotopic (exact) mass is 1050 g/mol. The van der Waals surface area contributed by atoms with E-state index in [0.717, 1.165) is 77.0 Å². The lowest BCUT2D eigenvalue weighted by molar-refractivity contribution is -0.302. The zero-order chi connectivity index (χ0) is 54.3. The van der Waals surface area contributed by atoms with Crippen molar-refractivity contribution in [1.29, 1.82) is 0 Å². The Balaban J connectivity index is 2.19. The van der Waals surface area contributed by atoms with Gasteiger partial charge in [0.15, 0.2) is 6.29 Å². The van der Waals surface area contributed by atoms with Crippen LogP contribution >= 0.6 is 0 Å². The van der Waals surface area contributed by atoms with Gasteiger partial charge in [0.2, 0.25) is 5.91 Å². The van der Waals surface area contributed by atoms with Crippen LogP contribution in [0.15, 0.2) is 72.9 Å². The van der Waals surface area contributed by atoms with Gasteiger partial charge in [0.25, 0.3) is 0 Å². The predicted molar refractivity (Wildman–Crippen MR) is 318 cm³/mol. The van der Waals surface area contributed by atoms with Gasteiger partial charge in [-0.2, -0.15) is 0 Å². The summed E-state index contributed by atoms with van der Waals surface area (Å²) < 4.78 is 11.3. The van der Waals surface area contributed by atoms with Crippen LogP contribution in [0.1, 0.15) is 284 Å². The first-order valence-corrected chi connectivity index (χ1v) is 31.7. The summed E-state index contributed by atoms with van der Waals surface area (Å²) in [5, 5.41) is 54.6. The molecule has 6 N–H and O–H groups in total. The van der Waals surface area contributed by atoms with E-state index in [-0.39, 0.29) is 12.5 Å². The van der Waals surface area contributed by atoms with E-state index in [0.29, 0.717) is 6.42 Å². The molecule has 7 atom stereocenters. The van der Waals surface area contributed by atoms with Crippen molar-refractivity contribution in [2.45, 2.75) is 326 Å². The van der Waals surface area contributed by atoms with Crippen molar-refractivity contribution < 1.29 is 39.8 Å². The van der Waals surface area contributed by atoms with Crippen LogP contribution < -0.4 is 5.32 Å². The minimum atomic E-state index is -1.58. The van der Waals surface area contributed by atoms with E-state index in [1.165, 1.54) is 186 Å². The van der Waals surface area contributed by atoms with Crippen molar-refractivity contribution in [3.8, 4) is 0 Å². The molecule has 0 radical (unpaired) electrons. The van der Waals surface area contributed by atoms with Crippen LogP contribution in [0.4, 0.5) is 0 Å². The third-order valence-corrected chi connectivity index (χ3v) is 14.8. The summed E-state index contributed by atoms with van der Waals surface area (Å²) in [5.41, 5.74) is 0. The van der Waals surface area contributed by atoms with Gasteiger partial charge in [0.1, 0.15) is 24.4 Å². The Morgan fingerprint density at radius 1 is 0.467 bits per heavy atom. The van der Waals surface area contributed by atoms with Crippen molar-refractivity contribution in [1.82, 2.24) is 5.32 Å². The second kappa shape index (κ2) is 55.0. The standard InChI is InChI=1S/C66H119NO8/c1-3-5-7-9-11-13-15-17-19-21-23-25-26-27-28-29-30-31-32-33-34-36-37-39-41-43-45-47-49-51-53-55-60(69)59(58-74-66-65(73)64(72)63(71)61(57-68)75-66)67-62(70)56-54-52-50-48-46-44-42-40-38-35-24-22-20-18-16-14-12-10-8-6-4-2/h6,8,12,14,18,20,24,35,45,47,53,55,59-61,63-66,68-69,71-73H,3-5,7,9-11,13,15-17,19,21-23,25-34,36-44,46,48-52,54,56-58H2,1-2H3,(H,67,70)/b8-6-,14-12-,20-18-,35-24-,47-45+,55-53+. The number of allylic oxidation sites excluding steroid dienone is 11. The van der Waals surface area contributed by atoms with Crippen LogP contribution in [0, 0.1) is 0 Å². The van der Waals surface area contributed by atoms with Crippen LogP contribution in [-0.2, 0) is 14.3 Å². The molecule has 0 spiro atoms. The second-order valence-electron chi connectivity index (χ2n) is 21.8. The van der Waals surface area contributed by atoms with Crippen LogP contribution in [0.5, 0.6) is 0 Å². The first kappa shape index (κ1) is 70.6. The molecule has 436 valence electrons. The molecule has 0 aromatic carbocycles. The summed E-state index contributed by atoms with van der Waals surface area (Å²) >= 11 is 0. The fourth-order valence-electron chi connectivity index (χ4n) is 9.81. The molecule has 7 unspecified atom stereocenters. The van der Waals surface area contributed by atoms with Gasteiger partial charge in [-0.15, -0.1) is 0 Å². The Bertz CT molecular complexity index is 1410. The number of hydrogen-bond donors (Lipinski definition) is 6. The maximum Gasteiger partial charge on any atom is 0.220 e. The average molecular weight is 1050 g/mol. The molecule has 9 nitrogen and oxygen atoms in total. The van der Waals surface area contributed by atoms with E-state index in [9.17, 15) is 30.3 Å². The number of aliphatic hydroxyl groups excluding tert-OH is 5. The smallest absolute Gasteiger partial charge is 0.220 e. The van der Waals surface area contributed by atoms with Crippen LogP contribution in [-0.4, -0.2) is 87.5 Å². The molecular weight excluding hydrogens is 935 g/mol. The van der Waals surface area contributed by atoms with Gasteiger partial charge in [-0.25, -0.2) is 0 Å². The summed E-state index contributed by atoms with van der Waals surface area (Å²) in [5.74, 6) is -0.195. The number of carbonyl (C=O) groups is 1. The van der Waals surface area contributed by atoms with Crippen LogP contribution in [0.3, 0.4) is 0 Å². The molecule has 0 aromatic rings. The van der Waals surface area contributed by atoms with Gasteiger partial charge in [-0.3, -0.25) is 4.79 Å². The van der Waals surface area contributed by atoms with Crippen molar-refractivity contribution in [3.05, 3.63) is 72.9 Å². The van der Waals surface area contributed by atoms with E-state index < -0.39 is 49.5 Å². The van der Waals surface area contributed by atoms with E-state index >= 15 is 0 Å². The van der Waals surface area contributed by atoms with Gasteiger partial charge in [0, 0.05) is 6.42 Å². The highest BCUT2D eigenvalue weighted by atomic mass is 16.7. The molecule has 1 saturated heterocycles. The molecule has 0 bridgehead atoms. The first-order valence-electron chi connectivity index (χ1n) is 31.7. The van der Waals surface area contributed by atoms with Crippen molar-refractivity contribution in [2.75, 3.05) is 13.2 Å². The molecule has 9 heteroatoms. The number of unbranched alkanes of at least 4 members (excludes halogenated alkanes) is 34. The van der Waals surface area contributed by atoms with Crippen LogP contribution in [0.25, 0.3) is 0 Å². The molecule has 1 amide bonds. The lowest BCUT2D eigenvalue weighted by Gasteiger charge is -2.40. The maximum atomic E-state index is 13.1. The number of ether oxygens (including phenoxy) is 2. The van der Waals surface area contributed by atoms with E-state index in [1.54, 1.807) is 6.08 Å². The molecule has 0 aliphatic carbocycles. The molecule has 1 aliphatic heterocycles. The van der Waals surface area contributed by atoms with Gasteiger partial charge >= 0.3 is 0 Å². The number of aliphatic hydroxyl groups is 5. The van der Waals surface area contributed by atoms with Crippen molar-refractivity contribution in [3.63, 3.8) is 0 Å². The number of nitrogens with one attached hydrogen (secondary N) is 1. The quantitative estimate of drug-likeness (QED) is 0.0261. The number of hydrogen-bond acceptors (Lipinski definition) is 8. The lowest BCUT2D eigenvalue weighted by Crippen LogP contribution is -2.60. The SMILES string of the molecule is CC/C=C\C/C=C\C/C=C\C/C=C\CCCCCCCCCCC(=O)NC(COC1OC(CO)C(O)C(O)C1O)C(O)/C=C/CC/C=C/CCCCCCCCCCCCCCCCCCCCCCCCCCC. The molecule has 0 saturated carbocycles. The normalized spacial score (nSPS) is 19.4. The predicted octanol–water partition coefficient (Wildman–Crippen LogP) is 16.4. The van der Waals surface area contributed by atoms with E-state index in [2.05, 4.69) is 79.9 Å². The minimum absolute atomic E-state index is 0.195. The Morgan fingerprint density at radius 3 is 1.28 bits per heavy atom. The number of rotatable bonds is 54. The van der Waals surface area contributed by atoms with Gasteiger partial charge in [-0.1, -0.05) is 279 Å². The third-order valence-electron chi connectivity index (χ3n) is 14.8. The maximum absolute atomic E-state index is 13.1. The number of carbonyl (C=O) groups excluding carboxylic acids is 1. The minimum Gasteiger partial charge on any atom is -0.394 e. The van der Waals surface area contributed by atoms with Gasteiger partial charge < -0.3 is 40.3 Å². The zero-order valence-electron chi connectivity index (χ0n) is 48.5. The zero-order valence-corrected chi connectivity index (χ0v) is 48.5. The third kappa shape index (κ3) is 44.2.